The fraction of sp³-hybridized carbons (Fsp3) is 0.500. The second kappa shape index (κ2) is 5.08. The molecule has 0 amide bonds. The number of hydrogen-bond donors (Lipinski definition) is 0. The normalized spacial score (nSPS) is 16.4. The second-order valence-electron chi connectivity index (χ2n) is 4.35. The van der Waals surface area contributed by atoms with Gasteiger partial charge < -0.3 is 0 Å². The first-order chi connectivity index (χ1) is 8.05. The maximum absolute atomic E-state index is 12.4. The van der Waals surface area contributed by atoms with E-state index in [1.807, 2.05) is 19.1 Å². The minimum Gasteiger partial charge on any atom is -0.207 e. The Bertz CT molecular complexity index is 480. The average Bonchev–Trinajstić information content (AvgIpc) is 3.10. The van der Waals surface area contributed by atoms with Crippen LogP contribution in [0.3, 0.4) is 0 Å². The lowest BCUT2D eigenvalue weighted by atomic mass is 10.2. The van der Waals surface area contributed by atoms with Crippen LogP contribution in [-0.4, -0.2) is 30.6 Å². The van der Waals surface area contributed by atoms with Crippen LogP contribution in [0.1, 0.15) is 18.4 Å². The predicted octanol–water partition coefficient (Wildman–Crippen LogP) is 2.54. The van der Waals surface area contributed by atoms with Crippen molar-refractivity contribution in [3.05, 3.63) is 29.8 Å². The zero-order valence-corrected chi connectivity index (χ0v) is 12.2. The summed E-state index contributed by atoms with van der Waals surface area (Å²) < 4.78 is 26.5. The molecule has 0 heterocycles. The summed E-state index contributed by atoms with van der Waals surface area (Å²) in [5.41, 5.74) is 1.07. The van der Waals surface area contributed by atoms with E-state index in [0.717, 1.165) is 18.4 Å². The van der Waals surface area contributed by atoms with E-state index in [0.29, 0.717) is 16.8 Å². The maximum Gasteiger partial charge on any atom is 0.243 e. The van der Waals surface area contributed by atoms with E-state index < -0.39 is 10.0 Å². The molecule has 5 heteroatoms. The van der Waals surface area contributed by atoms with Crippen molar-refractivity contribution in [1.82, 2.24) is 4.31 Å². The number of nitrogens with zero attached hydrogens (tertiary/aromatic N) is 1. The predicted molar refractivity (Wildman–Crippen MR) is 71.9 cm³/mol. The Morgan fingerprint density at radius 3 is 2.35 bits per heavy atom. The van der Waals surface area contributed by atoms with Gasteiger partial charge in [0.15, 0.2) is 0 Å². The molecular formula is C12H16BrNO2S. The largest absolute Gasteiger partial charge is 0.243 e. The van der Waals surface area contributed by atoms with Gasteiger partial charge in [0.1, 0.15) is 0 Å². The topological polar surface area (TPSA) is 37.4 Å². The molecule has 2 rings (SSSR count). The molecule has 1 aliphatic carbocycles. The van der Waals surface area contributed by atoms with Crippen LogP contribution in [0, 0.1) is 6.92 Å². The van der Waals surface area contributed by atoms with Crippen LogP contribution in [-0.2, 0) is 10.0 Å². The van der Waals surface area contributed by atoms with Gasteiger partial charge in [0.25, 0.3) is 0 Å². The van der Waals surface area contributed by atoms with Crippen molar-refractivity contribution < 1.29 is 8.42 Å². The maximum atomic E-state index is 12.4. The summed E-state index contributed by atoms with van der Waals surface area (Å²) in [6, 6.07) is 7.26. The van der Waals surface area contributed by atoms with E-state index in [9.17, 15) is 8.42 Å². The molecule has 3 nitrogen and oxygen atoms in total. The lowest BCUT2D eigenvalue weighted by Crippen LogP contribution is -2.34. The summed E-state index contributed by atoms with van der Waals surface area (Å²) in [5.74, 6) is 0. The Morgan fingerprint density at radius 1 is 1.29 bits per heavy atom. The monoisotopic (exact) mass is 317 g/mol. The third-order valence-corrected chi connectivity index (χ3v) is 5.21. The molecule has 0 aliphatic heterocycles. The van der Waals surface area contributed by atoms with Crippen molar-refractivity contribution in [2.75, 3.05) is 11.9 Å². The number of benzene rings is 1. The molecule has 1 aromatic carbocycles. The Labute approximate surface area is 111 Å². The Morgan fingerprint density at radius 2 is 1.88 bits per heavy atom. The minimum absolute atomic E-state index is 0.207. The van der Waals surface area contributed by atoms with Gasteiger partial charge in [-0.1, -0.05) is 33.6 Å². The second-order valence-corrected chi connectivity index (χ2v) is 7.03. The van der Waals surface area contributed by atoms with E-state index >= 15 is 0 Å². The van der Waals surface area contributed by atoms with Gasteiger partial charge in [-0.25, -0.2) is 8.42 Å². The summed E-state index contributed by atoms with van der Waals surface area (Å²) in [6.07, 6.45) is 1.97. The van der Waals surface area contributed by atoms with Crippen LogP contribution in [0.15, 0.2) is 29.2 Å². The Hall–Kier alpha value is -0.390. The Balaban J connectivity index is 2.30. The SMILES string of the molecule is Cc1ccc(S(=O)(=O)N(CCBr)C2CC2)cc1. The van der Waals surface area contributed by atoms with Gasteiger partial charge in [-0.05, 0) is 31.9 Å². The van der Waals surface area contributed by atoms with Crippen molar-refractivity contribution in [1.29, 1.82) is 0 Å². The molecule has 0 bridgehead atoms. The van der Waals surface area contributed by atoms with E-state index in [-0.39, 0.29) is 6.04 Å². The average molecular weight is 318 g/mol. The van der Waals surface area contributed by atoms with E-state index in [4.69, 9.17) is 0 Å². The van der Waals surface area contributed by atoms with Gasteiger partial charge in [-0.15, -0.1) is 0 Å². The first-order valence-corrected chi connectivity index (χ1v) is 8.26. The summed E-state index contributed by atoms with van der Waals surface area (Å²) in [5, 5.41) is 0.675. The fourth-order valence-corrected chi connectivity index (χ4v) is 4.09. The number of rotatable bonds is 5. The molecule has 1 saturated carbocycles. The highest BCUT2D eigenvalue weighted by molar-refractivity contribution is 9.09. The van der Waals surface area contributed by atoms with Gasteiger partial charge >= 0.3 is 0 Å². The minimum atomic E-state index is -3.31. The zero-order chi connectivity index (χ0) is 12.5. The number of halogens is 1. The molecule has 0 radical (unpaired) electrons. The van der Waals surface area contributed by atoms with Gasteiger partial charge in [0, 0.05) is 17.9 Å². The molecule has 1 aliphatic rings. The number of alkyl halides is 1. The lowest BCUT2D eigenvalue weighted by Gasteiger charge is -2.20. The van der Waals surface area contributed by atoms with Crippen molar-refractivity contribution in [2.45, 2.75) is 30.7 Å². The van der Waals surface area contributed by atoms with Gasteiger partial charge in [0.2, 0.25) is 10.0 Å². The molecule has 1 aromatic rings. The van der Waals surface area contributed by atoms with E-state index in [2.05, 4.69) is 15.9 Å². The summed E-state index contributed by atoms with van der Waals surface area (Å²) >= 11 is 3.32. The van der Waals surface area contributed by atoms with Crippen LogP contribution < -0.4 is 0 Å². The number of aryl methyl sites for hydroxylation is 1. The fourth-order valence-electron chi connectivity index (χ4n) is 1.79. The van der Waals surface area contributed by atoms with Crippen molar-refractivity contribution in [3.63, 3.8) is 0 Å². The van der Waals surface area contributed by atoms with Crippen LogP contribution in [0.5, 0.6) is 0 Å². The first-order valence-electron chi connectivity index (χ1n) is 5.70. The van der Waals surface area contributed by atoms with E-state index in [1.54, 1.807) is 16.4 Å². The summed E-state index contributed by atoms with van der Waals surface area (Å²) in [4.78, 5) is 0.399. The third-order valence-electron chi connectivity index (χ3n) is 2.89. The number of sulfonamides is 1. The van der Waals surface area contributed by atoms with Gasteiger partial charge in [0.05, 0.1) is 4.90 Å². The molecule has 1 fully saturated rings. The third kappa shape index (κ3) is 2.89. The quantitative estimate of drug-likeness (QED) is 0.783. The van der Waals surface area contributed by atoms with Gasteiger partial charge in [-0.2, -0.15) is 4.31 Å². The first kappa shape index (κ1) is 13.1. The summed E-state index contributed by atoms with van der Waals surface area (Å²) in [7, 11) is -3.31. The molecule has 0 atom stereocenters. The van der Waals surface area contributed by atoms with Crippen LogP contribution in [0.2, 0.25) is 0 Å². The van der Waals surface area contributed by atoms with E-state index in [1.165, 1.54) is 0 Å². The van der Waals surface area contributed by atoms with Gasteiger partial charge in [-0.3, -0.25) is 0 Å². The standard InChI is InChI=1S/C12H16BrNO2S/c1-10-2-6-12(7-3-10)17(15,16)14(9-8-13)11-4-5-11/h2-3,6-7,11H,4-5,8-9H2,1H3. The molecule has 0 saturated heterocycles. The highest BCUT2D eigenvalue weighted by Crippen LogP contribution is 2.31. The molecular weight excluding hydrogens is 302 g/mol. The molecule has 17 heavy (non-hydrogen) atoms. The molecule has 0 unspecified atom stereocenters. The van der Waals surface area contributed by atoms with Crippen molar-refractivity contribution in [3.8, 4) is 0 Å². The van der Waals surface area contributed by atoms with Crippen LogP contribution in [0.4, 0.5) is 0 Å². The smallest absolute Gasteiger partial charge is 0.207 e. The molecule has 94 valence electrons. The lowest BCUT2D eigenvalue weighted by molar-refractivity contribution is 0.424. The molecule has 0 aromatic heterocycles. The highest BCUT2D eigenvalue weighted by atomic mass is 79.9. The summed E-state index contributed by atoms with van der Waals surface area (Å²) in [6.45, 7) is 2.49. The molecule has 0 spiro atoms. The van der Waals surface area contributed by atoms with Crippen LogP contribution in [0.25, 0.3) is 0 Å². The highest BCUT2D eigenvalue weighted by Gasteiger charge is 2.37. The Kier molecular flexibility index (Phi) is 3.90. The zero-order valence-electron chi connectivity index (χ0n) is 9.77. The molecule has 0 N–H and O–H groups in total. The number of hydrogen-bond acceptors (Lipinski definition) is 2. The van der Waals surface area contributed by atoms with Crippen molar-refractivity contribution in [2.24, 2.45) is 0 Å². The van der Waals surface area contributed by atoms with Crippen LogP contribution >= 0.6 is 15.9 Å². The van der Waals surface area contributed by atoms with Crippen molar-refractivity contribution >= 4 is 26.0 Å².